The molecule has 102 valence electrons. The summed E-state index contributed by atoms with van der Waals surface area (Å²) in [6.07, 6.45) is 0. The summed E-state index contributed by atoms with van der Waals surface area (Å²) in [7, 11) is 1.57. The highest BCUT2D eigenvalue weighted by Gasteiger charge is 2.26. The summed E-state index contributed by atoms with van der Waals surface area (Å²) in [4.78, 5) is 26.8. The molecular formula is C13H23N3O2. The number of carbonyl (C=O) groups excluding carboxylic acids is 2. The van der Waals surface area contributed by atoms with E-state index in [9.17, 15) is 9.59 Å². The zero-order valence-corrected chi connectivity index (χ0v) is 11.9. The molecule has 0 heterocycles. The number of rotatable bonds is 6. The molecule has 0 aromatic heterocycles. The van der Waals surface area contributed by atoms with E-state index in [-0.39, 0.29) is 24.3 Å². The third kappa shape index (κ3) is 4.36. The number of nitrogens with zero attached hydrogens (tertiary/aromatic N) is 3. The Labute approximate surface area is 109 Å². The summed E-state index contributed by atoms with van der Waals surface area (Å²) < 4.78 is 0. The van der Waals surface area contributed by atoms with Gasteiger partial charge in [-0.1, -0.05) is 13.8 Å². The molecule has 0 rings (SSSR count). The Hall–Kier alpha value is -1.57. The molecule has 18 heavy (non-hydrogen) atoms. The standard InChI is InChI=1S/C13H23N3O2/c1-6-16(7-2)12(17)9-15(5)13(18)11(8-14)10(3)4/h10-11H,6-7,9H2,1-5H3. The van der Waals surface area contributed by atoms with Crippen molar-refractivity contribution in [3.05, 3.63) is 0 Å². The topological polar surface area (TPSA) is 64.4 Å². The highest BCUT2D eigenvalue weighted by molar-refractivity contribution is 5.87. The first-order valence-electron chi connectivity index (χ1n) is 6.31. The van der Waals surface area contributed by atoms with Crippen LogP contribution in [0, 0.1) is 23.2 Å². The lowest BCUT2D eigenvalue weighted by atomic mass is 9.96. The molecule has 0 fully saturated rings. The van der Waals surface area contributed by atoms with Crippen LogP contribution >= 0.6 is 0 Å². The lowest BCUT2D eigenvalue weighted by Gasteiger charge is -2.25. The van der Waals surface area contributed by atoms with Gasteiger partial charge in [-0.15, -0.1) is 0 Å². The Kier molecular flexibility index (Phi) is 7.03. The van der Waals surface area contributed by atoms with Gasteiger partial charge in [0.1, 0.15) is 5.92 Å². The van der Waals surface area contributed by atoms with Crippen LogP contribution in [-0.4, -0.2) is 48.3 Å². The predicted molar refractivity (Wildman–Crippen MR) is 69.5 cm³/mol. The molecule has 0 aromatic carbocycles. The summed E-state index contributed by atoms with van der Waals surface area (Å²) in [5, 5.41) is 8.96. The average Bonchev–Trinajstić information content (AvgIpc) is 2.30. The first kappa shape index (κ1) is 16.4. The lowest BCUT2D eigenvalue weighted by molar-refractivity contribution is -0.141. The van der Waals surface area contributed by atoms with Gasteiger partial charge in [0.25, 0.3) is 0 Å². The van der Waals surface area contributed by atoms with E-state index in [0.717, 1.165) is 0 Å². The van der Waals surface area contributed by atoms with Gasteiger partial charge in [0.05, 0.1) is 12.6 Å². The van der Waals surface area contributed by atoms with Gasteiger partial charge in [0.15, 0.2) is 0 Å². The molecule has 0 spiro atoms. The van der Waals surface area contributed by atoms with Crippen LogP contribution in [0.3, 0.4) is 0 Å². The fraction of sp³-hybridized carbons (Fsp3) is 0.769. The van der Waals surface area contributed by atoms with E-state index in [1.165, 1.54) is 4.90 Å². The summed E-state index contributed by atoms with van der Waals surface area (Å²) in [6, 6.07) is 2.00. The Bertz CT molecular complexity index is 330. The van der Waals surface area contributed by atoms with Crippen LogP contribution in [0.5, 0.6) is 0 Å². The Morgan fingerprint density at radius 2 is 1.72 bits per heavy atom. The molecule has 0 bridgehead atoms. The number of carbonyl (C=O) groups is 2. The van der Waals surface area contributed by atoms with Gasteiger partial charge in [-0.25, -0.2) is 0 Å². The molecule has 1 atom stereocenters. The SMILES string of the molecule is CCN(CC)C(=O)CN(C)C(=O)C(C#N)C(C)C. The zero-order chi connectivity index (χ0) is 14.3. The van der Waals surface area contributed by atoms with Crippen molar-refractivity contribution in [2.45, 2.75) is 27.7 Å². The molecule has 0 N–H and O–H groups in total. The summed E-state index contributed by atoms with van der Waals surface area (Å²) in [5.74, 6) is -1.10. The van der Waals surface area contributed by atoms with Crippen molar-refractivity contribution >= 4 is 11.8 Å². The van der Waals surface area contributed by atoms with Crippen LogP contribution in [-0.2, 0) is 9.59 Å². The number of hydrogen-bond acceptors (Lipinski definition) is 3. The minimum Gasteiger partial charge on any atom is -0.342 e. The smallest absolute Gasteiger partial charge is 0.242 e. The van der Waals surface area contributed by atoms with Crippen LogP contribution < -0.4 is 0 Å². The number of likely N-dealkylation sites (N-methyl/N-ethyl adjacent to an activating group) is 2. The normalized spacial score (nSPS) is 11.8. The van der Waals surface area contributed by atoms with Gasteiger partial charge in [0, 0.05) is 20.1 Å². The van der Waals surface area contributed by atoms with E-state index in [1.54, 1.807) is 11.9 Å². The summed E-state index contributed by atoms with van der Waals surface area (Å²) >= 11 is 0. The molecule has 0 saturated carbocycles. The number of nitriles is 1. The molecule has 5 nitrogen and oxygen atoms in total. The molecule has 0 aliphatic carbocycles. The second-order valence-corrected chi connectivity index (χ2v) is 4.61. The van der Waals surface area contributed by atoms with E-state index in [1.807, 2.05) is 33.8 Å². The molecule has 0 radical (unpaired) electrons. The van der Waals surface area contributed by atoms with Gasteiger partial charge in [0.2, 0.25) is 11.8 Å². The first-order valence-corrected chi connectivity index (χ1v) is 6.31. The Morgan fingerprint density at radius 1 is 1.22 bits per heavy atom. The maximum atomic E-state index is 12.0. The quantitative estimate of drug-likeness (QED) is 0.712. The van der Waals surface area contributed by atoms with Gasteiger partial charge in [-0.05, 0) is 19.8 Å². The van der Waals surface area contributed by atoms with E-state index in [4.69, 9.17) is 5.26 Å². The van der Waals surface area contributed by atoms with Crippen molar-refractivity contribution < 1.29 is 9.59 Å². The van der Waals surface area contributed by atoms with Crippen molar-refractivity contribution in [1.82, 2.24) is 9.80 Å². The van der Waals surface area contributed by atoms with E-state index >= 15 is 0 Å². The molecule has 5 heteroatoms. The van der Waals surface area contributed by atoms with Crippen LogP contribution in [0.25, 0.3) is 0 Å². The number of amides is 2. The van der Waals surface area contributed by atoms with Crippen LogP contribution in [0.1, 0.15) is 27.7 Å². The van der Waals surface area contributed by atoms with Crippen molar-refractivity contribution in [2.24, 2.45) is 11.8 Å². The van der Waals surface area contributed by atoms with E-state index < -0.39 is 5.92 Å². The molecule has 0 aliphatic heterocycles. The maximum Gasteiger partial charge on any atom is 0.242 e. The Balaban J connectivity index is 4.58. The van der Waals surface area contributed by atoms with Gasteiger partial charge in [-0.2, -0.15) is 5.26 Å². The number of hydrogen-bond donors (Lipinski definition) is 0. The highest BCUT2D eigenvalue weighted by Crippen LogP contribution is 2.12. The fourth-order valence-electron chi connectivity index (χ4n) is 1.68. The predicted octanol–water partition coefficient (Wildman–Crippen LogP) is 1.11. The van der Waals surface area contributed by atoms with Gasteiger partial charge in [-0.3, -0.25) is 9.59 Å². The van der Waals surface area contributed by atoms with Crippen LogP contribution in [0.4, 0.5) is 0 Å². The molecule has 1 unspecified atom stereocenters. The average molecular weight is 253 g/mol. The minimum atomic E-state index is -0.681. The lowest BCUT2D eigenvalue weighted by Crippen LogP contribution is -2.43. The second kappa shape index (κ2) is 7.70. The maximum absolute atomic E-state index is 12.0. The van der Waals surface area contributed by atoms with Crippen molar-refractivity contribution in [3.63, 3.8) is 0 Å². The van der Waals surface area contributed by atoms with Crippen molar-refractivity contribution in [1.29, 1.82) is 5.26 Å². The van der Waals surface area contributed by atoms with E-state index in [0.29, 0.717) is 13.1 Å². The molecule has 2 amide bonds. The van der Waals surface area contributed by atoms with E-state index in [2.05, 4.69) is 0 Å². The first-order chi connectivity index (χ1) is 8.38. The van der Waals surface area contributed by atoms with Crippen LogP contribution in [0.2, 0.25) is 0 Å². The minimum absolute atomic E-state index is 0.0331. The monoisotopic (exact) mass is 253 g/mol. The van der Waals surface area contributed by atoms with Crippen molar-refractivity contribution in [2.75, 3.05) is 26.7 Å². The largest absolute Gasteiger partial charge is 0.342 e. The summed E-state index contributed by atoms with van der Waals surface area (Å²) in [5.41, 5.74) is 0. The van der Waals surface area contributed by atoms with Crippen LogP contribution in [0.15, 0.2) is 0 Å². The highest BCUT2D eigenvalue weighted by atomic mass is 16.2. The van der Waals surface area contributed by atoms with Crippen molar-refractivity contribution in [3.8, 4) is 6.07 Å². The molecular weight excluding hydrogens is 230 g/mol. The van der Waals surface area contributed by atoms with Gasteiger partial charge >= 0.3 is 0 Å². The molecule has 0 aromatic rings. The zero-order valence-electron chi connectivity index (χ0n) is 11.9. The molecule has 0 saturated heterocycles. The Morgan fingerprint density at radius 3 is 2.06 bits per heavy atom. The second-order valence-electron chi connectivity index (χ2n) is 4.61. The molecule has 0 aliphatic rings. The fourth-order valence-corrected chi connectivity index (χ4v) is 1.68. The van der Waals surface area contributed by atoms with Gasteiger partial charge < -0.3 is 9.80 Å². The third-order valence-corrected chi connectivity index (χ3v) is 2.94. The third-order valence-electron chi connectivity index (χ3n) is 2.94. The summed E-state index contributed by atoms with van der Waals surface area (Å²) in [6.45, 7) is 8.74.